The molecular formula is C15H21NO. The molecule has 0 unspecified atom stereocenters. The number of hydrogen-bond acceptors (Lipinski definition) is 2. The largest absolute Gasteiger partial charge is 0.390 e. The van der Waals surface area contributed by atoms with Gasteiger partial charge < -0.3 is 10.4 Å². The van der Waals surface area contributed by atoms with E-state index in [0.717, 1.165) is 38.3 Å². The summed E-state index contributed by atoms with van der Waals surface area (Å²) in [6.45, 7) is 2.29. The summed E-state index contributed by atoms with van der Waals surface area (Å²) in [4.78, 5) is 0. The highest BCUT2D eigenvalue weighted by Crippen LogP contribution is 2.38. The highest BCUT2D eigenvalue weighted by Gasteiger charge is 2.39. The zero-order valence-electron chi connectivity index (χ0n) is 10.3. The Morgan fingerprint density at radius 2 is 1.76 bits per heavy atom. The van der Waals surface area contributed by atoms with Crippen molar-refractivity contribution in [1.29, 1.82) is 0 Å². The summed E-state index contributed by atoms with van der Waals surface area (Å²) in [6, 6.07) is 8.93. The molecule has 1 saturated heterocycles. The van der Waals surface area contributed by atoms with Crippen LogP contribution >= 0.6 is 0 Å². The molecule has 1 aromatic carbocycles. The predicted molar refractivity (Wildman–Crippen MR) is 69.2 cm³/mol. The molecule has 1 aromatic rings. The van der Waals surface area contributed by atoms with Gasteiger partial charge in [0, 0.05) is 6.42 Å². The summed E-state index contributed by atoms with van der Waals surface area (Å²) >= 11 is 0. The van der Waals surface area contributed by atoms with Gasteiger partial charge in [-0.3, -0.25) is 0 Å². The minimum absolute atomic E-state index is 0.365. The van der Waals surface area contributed by atoms with Gasteiger partial charge in [-0.15, -0.1) is 0 Å². The van der Waals surface area contributed by atoms with Gasteiger partial charge in [-0.2, -0.15) is 0 Å². The van der Waals surface area contributed by atoms with Crippen molar-refractivity contribution in [2.45, 2.75) is 43.6 Å². The molecule has 1 heterocycles. The van der Waals surface area contributed by atoms with Gasteiger partial charge in [-0.1, -0.05) is 24.3 Å². The first-order valence-electron chi connectivity index (χ1n) is 6.77. The second-order valence-corrected chi connectivity index (χ2v) is 5.67. The molecule has 1 aliphatic carbocycles. The van der Waals surface area contributed by atoms with Crippen LogP contribution < -0.4 is 5.32 Å². The topological polar surface area (TPSA) is 32.3 Å². The second kappa shape index (κ2) is 4.43. The molecule has 0 amide bonds. The Morgan fingerprint density at radius 1 is 1.12 bits per heavy atom. The van der Waals surface area contributed by atoms with Gasteiger partial charge in [0.05, 0.1) is 5.60 Å². The van der Waals surface area contributed by atoms with E-state index in [0.29, 0.717) is 0 Å². The van der Waals surface area contributed by atoms with Gasteiger partial charge in [0.1, 0.15) is 0 Å². The Morgan fingerprint density at radius 3 is 2.35 bits per heavy atom. The summed E-state index contributed by atoms with van der Waals surface area (Å²) in [7, 11) is 0. The lowest BCUT2D eigenvalue weighted by molar-refractivity contribution is 0.151. The molecular weight excluding hydrogens is 210 g/mol. The first-order chi connectivity index (χ1) is 8.25. The Balaban J connectivity index is 1.66. The molecule has 1 saturated carbocycles. The molecule has 2 heteroatoms. The fraction of sp³-hybridized carbons (Fsp3) is 0.600. The molecule has 2 fully saturated rings. The van der Waals surface area contributed by atoms with Crippen molar-refractivity contribution in [3.05, 3.63) is 35.4 Å². The third-order valence-electron chi connectivity index (χ3n) is 4.15. The van der Waals surface area contributed by atoms with E-state index in [4.69, 9.17) is 0 Å². The maximum absolute atomic E-state index is 9.89. The summed E-state index contributed by atoms with van der Waals surface area (Å²) < 4.78 is 0. The third kappa shape index (κ3) is 2.70. The number of piperidine rings is 1. The molecule has 2 aliphatic rings. The van der Waals surface area contributed by atoms with Gasteiger partial charge in [0.2, 0.25) is 0 Å². The van der Waals surface area contributed by atoms with Crippen LogP contribution in [0.2, 0.25) is 0 Å². The zero-order chi connectivity index (χ0) is 11.7. The van der Waals surface area contributed by atoms with E-state index in [-0.39, 0.29) is 5.60 Å². The van der Waals surface area contributed by atoms with E-state index < -0.39 is 0 Å². The minimum atomic E-state index is -0.365. The first kappa shape index (κ1) is 11.2. The average Bonchev–Trinajstić information content (AvgIpc) is 3.09. The second-order valence-electron chi connectivity index (χ2n) is 5.67. The average molecular weight is 231 g/mol. The van der Waals surface area contributed by atoms with E-state index in [1.807, 2.05) is 0 Å². The first-order valence-corrected chi connectivity index (χ1v) is 6.77. The van der Waals surface area contributed by atoms with E-state index >= 15 is 0 Å². The Bertz CT molecular complexity index is 374. The lowest BCUT2D eigenvalue weighted by Crippen LogP contribution is -2.26. The highest BCUT2D eigenvalue weighted by atomic mass is 16.3. The van der Waals surface area contributed by atoms with Gasteiger partial charge >= 0.3 is 0 Å². The molecule has 2 N–H and O–H groups in total. The third-order valence-corrected chi connectivity index (χ3v) is 4.15. The van der Waals surface area contributed by atoms with Crippen molar-refractivity contribution in [2.75, 3.05) is 13.1 Å². The van der Waals surface area contributed by atoms with Crippen molar-refractivity contribution in [1.82, 2.24) is 5.32 Å². The number of rotatable bonds is 3. The number of benzene rings is 1. The van der Waals surface area contributed by atoms with Gasteiger partial charge in [0.25, 0.3) is 0 Å². The summed E-state index contributed by atoms with van der Waals surface area (Å²) in [6.07, 6.45) is 5.29. The smallest absolute Gasteiger partial charge is 0.0690 e. The van der Waals surface area contributed by atoms with Crippen molar-refractivity contribution < 1.29 is 5.11 Å². The normalized spacial score (nSPS) is 23.6. The van der Waals surface area contributed by atoms with Crippen molar-refractivity contribution >= 4 is 0 Å². The van der Waals surface area contributed by atoms with Crippen LogP contribution in [-0.4, -0.2) is 23.8 Å². The van der Waals surface area contributed by atoms with Crippen LogP contribution in [0.25, 0.3) is 0 Å². The number of hydrogen-bond donors (Lipinski definition) is 2. The van der Waals surface area contributed by atoms with Crippen LogP contribution in [0.4, 0.5) is 0 Å². The highest BCUT2D eigenvalue weighted by molar-refractivity contribution is 5.27. The predicted octanol–water partition coefficient (Wildman–Crippen LogP) is 2.22. The maximum atomic E-state index is 9.89. The monoisotopic (exact) mass is 231 g/mol. The quantitative estimate of drug-likeness (QED) is 0.836. The van der Waals surface area contributed by atoms with Crippen molar-refractivity contribution in [3.63, 3.8) is 0 Å². The van der Waals surface area contributed by atoms with Crippen molar-refractivity contribution in [2.24, 2.45) is 0 Å². The Hall–Kier alpha value is -0.860. The van der Waals surface area contributed by atoms with Crippen LogP contribution in [0, 0.1) is 0 Å². The molecule has 1 aliphatic heterocycles. The maximum Gasteiger partial charge on any atom is 0.0690 e. The molecule has 0 aromatic heterocycles. The van der Waals surface area contributed by atoms with Gasteiger partial charge in [-0.25, -0.2) is 0 Å². The lowest BCUT2D eigenvalue weighted by atomic mass is 9.89. The van der Waals surface area contributed by atoms with Crippen LogP contribution in [0.1, 0.15) is 42.7 Å². The molecule has 2 nitrogen and oxygen atoms in total. The molecule has 0 spiro atoms. The lowest BCUT2D eigenvalue weighted by Gasteiger charge is -2.23. The zero-order valence-corrected chi connectivity index (χ0v) is 10.3. The van der Waals surface area contributed by atoms with E-state index in [1.165, 1.54) is 24.0 Å². The van der Waals surface area contributed by atoms with Crippen molar-refractivity contribution in [3.8, 4) is 0 Å². The van der Waals surface area contributed by atoms with Crippen LogP contribution in [0.15, 0.2) is 24.3 Å². The van der Waals surface area contributed by atoms with Crippen LogP contribution in [0.5, 0.6) is 0 Å². The van der Waals surface area contributed by atoms with E-state index in [9.17, 15) is 5.11 Å². The summed E-state index contributed by atoms with van der Waals surface area (Å²) in [5.74, 6) is 0.731. The Labute approximate surface area is 103 Å². The van der Waals surface area contributed by atoms with Crippen LogP contribution in [-0.2, 0) is 6.42 Å². The molecule has 92 valence electrons. The molecule has 17 heavy (non-hydrogen) atoms. The molecule has 0 radical (unpaired) electrons. The SMILES string of the molecule is OC1(Cc2ccc(C3CCNCC3)cc2)CC1. The van der Waals surface area contributed by atoms with E-state index in [2.05, 4.69) is 29.6 Å². The summed E-state index contributed by atoms with van der Waals surface area (Å²) in [5, 5.41) is 13.3. The van der Waals surface area contributed by atoms with Crippen LogP contribution in [0.3, 0.4) is 0 Å². The molecule has 0 bridgehead atoms. The fourth-order valence-electron chi connectivity index (χ4n) is 2.76. The molecule has 0 atom stereocenters. The Kier molecular flexibility index (Phi) is 2.93. The fourth-order valence-corrected chi connectivity index (χ4v) is 2.76. The van der Waals surface area contributed by atoms with Gasteiger partial charge in [0.15, 0.2) is 0 Å². The number of nitrogens with one attached hydrogen (secondary N) is 1. The standard InChI is InChI=1S/C15H21NO/c17-15(7-8-15)11-12-1-3-13(4-2-12)14-5-9-16-10-6-14/h1-4,14,16-17H,5-11H2. The summed E-state index contributed by atoms with van der Waals surface area (Å²) in [5.41, 5.74) is 2.39. The minimum Gasteiger partial charge on any atom is -0.390 e. The molecule has 3 rings (SSSR count). The van der Waals surface area contributed by atoms with E-state index in [1.54, 1.807) is 0 Å². The number of aliphatic hydroxyl groups is 1. The van der Waals surface area contributed by atoms with Gasteiger partial charge in [-0.05, 0) is 55.8 Å².